The third-order valence-electron chi connectivity index (χ3n) is 3.94. The zero-order valence-corrected chi connectivity index (χ0v) is 12.8. The number of likely N-dealkylation sites (tertiary alicyclic amines) is 1. The van der Waals surface area contributed by atoms with Crippen molar-refractivity contribution in [2.45, 2.75) is 45.2 Å². The Morgan fingerprint density at radius 1 is 1.29 bits per heavy atom. The van der Waals surface area contributed by atoms with Crippen LogP contribution in [0.25, 0.3) is 0 Å². The Balaban J connectivity index is 2.09. The average Bonchev–Trinajstić information content (AvgIpc) is 2.95. The largest absolute Gasteiger partial charge is 0.331 e. The van der Waals surface area contributed by atoms with E-state index in [4.69, 9.17) is 5.73 Å². The molecule has 1 saturated heterocycles. The number of nitrogens with zero attached hydrogens (tertiary/aromatic N) is 1. The summed E-state index contributed by atoms with van der Waals surface area (Å²) in [5.74, 6) is 0.342. The zero-order chi connectivity index (χ0) is 15.4. The lowest BCUT2D eigenvalue weighted by Gasteiger charge is -2.27. The van der Waals surface area contributed by atoms with E-state index in [1.165, 1.54) is 0 Å². The summed E-state index contributed by atoms with van der Waals surface area (Å²) in [6.45, 7) is 4.68. The van der Waals surface area contributed by atoms with Gasteiger partial charge in [-0.2, -0.15) is 0 Å². The Morgan fingerprint density at radius 3 is 2.57 bits per heavy atom. The number of Topliss-reactive ketones (excluding diaryl/α,β-unsaturated/α-hetero) is 1. The molecule has 0 aliphatic carbocycles. The molecule has 1 aliphatic heterocycles. The predicted octanol–water partition coefficient (Wildman–Crippen LogP) is 2.29. The van der Waals surface area contributed by atoms with Gasteiger partial charge in [0.05, 0.1) is 6.04 Å². The summed E-state index contributed by atoms with van der Waals surface area (Å²) in [5, 5.41) is 0. The summed E-state index contributed by atoms with van der Waals surface area (Å²) >= 11 is 0. The molecule has 1 amide bonds. The lowest BCUT2D eigenvalue weighted by molar-refractivity contribution is -0.139. The summed E-state index contributed by atoms with van der Waals surface area (Å²) < 4.78 is 0. The molecule has 1 aromatic rings. The molecule has 0 spiro atoms. The second-order valence-electron chi connectivity index (χ2n) is 6.14. The van der Waals surface area contributed by atoms with Gasteiger partial charge in [-0.25, -0.2) is 0 Å². The monoisotopic (exact) mass is 288 g/mol. The maximum Gasteiger partial charge on any atom is 0.244 e. The first-order valence-corrected chi connectivity index (χ1v) is 7.64. The van der Waals surface area contributed by atoms with E-state index < -0.39 is 6.04 Å². The maximum atomic E-state index is 12.6. The van der Waals surface area contributed by atoms with Gasteiger partial charge in [-0.1, -0.05) is 44.2 Å². The fourth-order valence-corrected chi connectivity index (χ4v) is 2.89. The van der Waals surface area contributed by atoms with E-state index >= 15 is 0 Å². The molecular formula is C17H24N2O2. The highest BCUT2D eigenvalue weighted by Crippen LogP contribution is 2.24. The normalized spacial score (nSPS) is 19.8. The maximum absolute atomic E-state index is 12.6. The second kappa shape index (κ2) is 6.85. The van der Waals surface area contributed by atoms with Gasteiger partial charge in [-0.05, 0) is 24.3 Å². The van der Waals surface area contributed by atoms with Crippen molar-refractivity contribution in [3.05, 3.63) is 35.9 Å². The SMILES string of the molecule is CC(C)CC(=O)C1CCCN1C(=O)C(N)c1ccccc1. The van der Waals surface area contributed by atoms with E-state index in [0.29, 0.717) is 18.9 Å². The molecule has 2 rings (SSSR count). The van der Waals surface area contributed by atoms with Gasteiger partial charge in [0.15, 0.2) is 5.78 Å². The highest BCUT2D eigenvalue weighted by molar-refractivity contribution is 5.91. The molecule has 4 nitrogen and oxygen atoms in total. The van der Waals surface area contributed by atoms with Crippen LogP contribution < -0.4 is 5.73 Å². The Bertz CT molecular complexity index is 499. The minimum atomic E-state index is -0.682. The molecule has 0 bridgehead atoms. The van der Waals surface area contributed by atoms with Gasteiger partial charge in [0.25, 0.3) is 0 Å². The van der Waals surface area contributed by atoms with Crippen LogP contribution in [0.3, 0.4) is 0 Å². The topological polar surface area (TPSA) is 63.4 Å². The smallest absolute Gasteiger partial charge is 0.244 e. The first-order valence-electron chi connectivity index (χ1n) is 7.64. The van der Waals surface area contributed by atoms with Crippen molar-refractivity contribution < 1.29 is 9.59 Å². The Kier molecular flexibility index (Phi) is 5.12. The molecule has 0 saturated carbocycles. The van der Waals surface area contributed by atoms with Crippen LogP contribution in [-0.4, -0.2) is 29.2 Å². The van der Waals surface area contributed by atoms with E-state index in [1.54, 1.807) is 4.90 Å². The van der Waals surface area contributed by atoms with Gasteiger partial charge in [-0.3, -0.25) is 9.59 Å². The lowest BCUT2D eigenvalue weighted by Crippen LogP contribution is -2.45. The van der Waals surface area contributed by atoms with Crippen molar-refractivity contribution in [1.29, 1.82) is 0 Å². The first-order chi connectivity index (χ1) is 10.0. The summed E-state index contributed by atoms with van der Waals surface area (Å²) in [7, 11) is 0. The standard InChI is InChI=1S/C17H24N2O2/c1-12(2)11-15(20)14-9-6-10-19(14)17(21)16(18)13-7-4-3-5-8-13/h3-5,7-8,12,14,16H,6,9-11,18H2,1-2H3. The van der Waals surface area contributed by atoms with E-state index in [0.717, 1.165) is 18.4 Å². The van der Waals surface area contributed by atoms with Gasteiger partial charge in [-0.15, -0.1) is 0 Å². The van der Waals surface area contributed by atoms with Crippen molar-refractivity contribution >= 4 is 11.7 Å². The molecule has 114 valence electrons. The minimum absolute atomic E-state index is 0.138. The molecule has 1 fully saturated rings. The molecule has 1 aromatic carbocycles. The van der Waals surface area contributed by atoms with Crippen LogP contribution in [0, 0.1) is 5.92 Å². The van der Waals surface area contributed by atoms with Crippen molar-refractivity contribution in [1.82, 2.24) is 4.90 Å². The average molecular weight is 288 g/mol. The van der Waals surface area contributed by atoms with Crippen LogP contribution in [0.1, 0.15) is 44.7 Å². The fraction of sp³-hybridized carbons (Fsp3) is 0.529. The number of hydrogen-bond donors (Lipinski definition) is 1. The number of carbonyl (C=O) groups excluding carboxylic acids is 2. The lowest BCUT2D eigenvalue weighted by atomic mass is 9.99. The van der Waals surface area contributed by atoms with Crippen molar-refractivity contribution in [2.24, 2.45) is 11.7 Å². The molecule has 1 aliphatic rings. The van der Waals surface area contributed by atoms with Gasteiger partial charge in [0.1, 0.15) is 6.04 Å². The van der Waals surface area contributed by atoms with E-state index in [2.05, 4.69) is 0 Å². The Morgan fingerprint density at radius 2 is 1.95 bits per heavy atom. The van der Waals surface area contributed by atoms with Crippen LogP contribution in [0.2, 0.25) is 0 Å². The molecule has 0 radical (unpaired) electrons. The van der Waals surface area contributed by atoms with E-state index in [1.807, 2.05) is 44.2 Å². The summed E-state index contributed by atoms with van der Waals surface area (Å²) in [6.07, 6.45) is 2.16. The number of rotatable bonds is 5. The number of carbonyl (C=O) groups is 2. The van der Waals surface area contributed by atoms with E-state index in [9.17, 15) is 9.59 Å². The highest BCUT2D eigenvalue weighted by atomic mass is 16.2. The molecular weight excluding hydrogens is 264 g/mol. The Labute approximate surface area is 126 Å². The zero-order valence-electron chi connectivity index (χ0n) is 12.8. The van der Waals surface area contributed by atoms with Crippen LogP contribution in [0.15, 0.2) is 30.3 Å². The van der Waals surface area contributed by atoms with Gasteiger partial charge in [0, 0.05) is 13.0 Å². The van der Waals surface area contributed by atoms with Gasteiger partial charge in [0.2, 0.25) is 5.91 Å². The highest BCUT2D eigenvalue weighted by Gasteiger charge is 2.36. The molecule has 2 N–H and O–H groups in total. The summed E-state index contributed by atoms with van der Waals surface area (Å²) in [6, 6.07) is 8.37. The molecule has 2 atom stereocenters. The third kappa shape index (κ3) is 3.70. The van der Waals surface area contributed by atoms with Crippen LogP contribution in [0.5, 0.6) is 0 Å². The van der Waals surface area contributed by atoms with Crippen LogP contribution in [-0.2, 0) is 9.59 Å². The Hall–Kier alpha value is -1.68. The van der Waals surface area contributed by atoms with Crippen molar-refractivity contribution in [3.8, 4) is 0 Å². The molecule has 1 heterocycles. The quantitative estimate of drug-likeness (QED) is 0.904. The number of ketones is 1. The molecule has 21 heavy (non-hydrogen) atoms. The first kappa shape index (κ1) is 15.7. The summed E-state index contributed by atoms with van der Waals surface area (Å²) in [5.41, 5.74) is 6.88. The van der Waals surface area contributed by atoms with Crippen LogP contribution >= 0.6 is 0 Å². The third-order valence-corrected chi connectivity index (χ3v) is 3.94. The fourth-order valence-electron chi connectivity index (χ4n) is 2.89. The van der Waals surface area contributed by atoms with Crippen LogP contribution in [0.4, 0.5) is 0 Å². The molecule has 4 heteroatoms. The summed E-state index contributed by atoms with van der Waals surface area (Å²) in [4.78, 5) is 26.6. The van der Waals surface area contributed by atoms with Gasteiger partial charge < -0.3 is 10.6 Å². The minimum Gasteiger partial charge on any atom is -0.331 e. The van der Waals surface area contributed by atoms with Gasteiger partial charge >= 0.3 is 0 Å². The van der Waals surface area contributed by atoms with Crippen molar-refractivity contribution in [3.63, 3.8) is 0 Å². The number of hydrogen-bond acceptors (Lipinski definition) is 3. The van der Waals surface area contributed by atoms with E-state index in [-0.39, 0.29) is 17.7 Å². The molecule has 0 aromatic heterocycles. The second-order valence-corrected chi connectivity index (χ2v) is 6.14. The predicted molar refractivity (Wildman–Crippen MR) is 82.6 cm³/mol. The number of amides is 1. The van der Waals surface area contributed by atoms with Crippen molar-refractivity contribution in [2.75, 3.05) is 6.54 Å². The number of benzene rings is 1. The molecule has 2 unspecified atom stereocenters. The number of nitrogens with two attached hydrogens (primary N) is 1.